The third-order valence-electron chi connectivity index (χ3n) is 5.09. The van der Waals surface area contributed by atoms with Gasteiger partial charge in [-0.2, -0.15) is 4.98 Å². The number of thiophene rings is 1. The molecule has 5 rings (SSSR count). The topological polar surface area (TPSA) is 79.1 Å². The highest BCUT2D eigenvalue weighted by Gasteiger charge is 2.27. The molecule has 2 N–H and O–H groups in total. The first-order valence-corrected chi connectivity index (χ1v) is 10.3. The molecule has 1 atom stereocenters. The third kappa shape index (κ3) is 3.43. The summed E-state index contributed by atoms with van der Waals surface area (Å²) in [6.45, 7) is 0.926. The van der Waals surface area contributed by atoms with Crippen molar-refractivity contribution in [3.63, 3.8) is 0 Å². The number of fused-ring (bicyclic) bond motifs is 1. The summed E-state index contributed by atoms with van der Waals surface area (Å²) in [7, 11) is 0. The molecular weight excluding hydrogens is 391 g/mol. The van der Waals surface area contributed by atoms with Gasteiger partial charge >= 0.3 is 0 Å². The highest BCUT2D eigenvalue weighted by molar-refractivity contribution is 7.17. The molecule has 3 aromatic heterocycles. The number of anilines is 3. The Morgan fingerprint density at radius 2 is 2.07 bits per heavy atom. The molecule has 0 radical (unpaired) electrons. The summed E-state index contributed by atoms with van der Waals surface area (Å²) in [6, 6.07) is 8.26. The molecule has 1 saturated heterocycles. The molecule has 0 amide bonds. The fourth-order valence-corrected chi connectivity index (χ4v) is 4.39. The van der Waals surface area contributed by atoms with Gasteiger partial charge in [-0.25, -0.2) is 14.4 Å². The van der Waals surface area contributed by atoms with Crippen LogP contribution in [0.4, 0.5) is 22.0 Å². The number of benzene rings is 1. The molecule has 4 aromatic rings. The van der Waals surface area contributed by atoms with Crippen LogP contribution < -0.4 is 10.2 Å². The lowest BCUT2D eigenvalue weighted by Crippen LogP contribution is -2.33. The van der Waals surface area contributed by atoms with E-state index in [2.05, 4.69) is 15.2 Å². The summed E-state index contributed by atoms with van der Waals surface area (Å²) in [5.41, 5.74) is 1.68. The van der Waals surface area contributed by atoms with Crippen LogP contribution in [0, 0.1) is 5.82 Å². The summed E-state index contributed by atoms with van der Waals surface area (Å²) in [6.07, 6.45) is 5.46. The molecule has 0 spiro atoms. The molecular formula is C20H19FN6OS. The predicted molar refractivity (Wildman–Crippen MR) is 112 cm³/mol. The Morgan fingerprint density at radius 1 is 1.21 bits per heavy atom. The van der Waals surface area contributed by atoms with E-state index in [1.807, 2.05) is 22.2 Å². The number of halogens is 1. The number of aliphatic hydroxyl groups is 1. The zero-order valence-electron chi connectivity index (χ0n) is 15.5. The van der Waals surface area contributed by atoms with Crippen LogP contribution >= 0.6 is 11.3 Å². The largest absolute Gasteiger partial charge is 0.394 e. The van der Waals surface area contributed by atoms with Gasteiger partial charge in [0, 0.05) is 12.2 Å². The van der Waals surface area contributed by atoms with Crippen LogP contribution in [0.5, 0.6) is 0 Å². The third-order valence-corrected chi connectivity index (χ3v) is 6.00. The zero-order chi connectivity index (χ0) is 19.8. The second kappa shape index (κ2) is 7.41. The van der Waals surface area contributed by atoms with Crippen molar-refractivity contribution in [1.29, 1.82) is 0 Å². The van der Waals surface area contributed by atoms with Gasteiger partial charge in [-0.1, -0.05) is 0 Å². The highest BCUT2D eigenvalue weighted by Crippen LogP contribution is 2.32. The average Bonchev–Trinajstić information content (AvgIpc) is 3.48. The molecule has 1 fully saturated rings. The minimum Gasteiger partial charge on any atom is -0.394 e. The van der Waals surface area contributed by atoms with E-state index in [4.69, 9.17) is 9.97 Å². The Bertz CT molecular complexity index is 1140. The maximum Gasteiger partial charge on any atom is 0.228 e. The van der Waals surface area contributed by atoms with E-state index in [1.165, 1.54) is 12.1 Å². The number of aromatic nitrogens is 4. The molecule has 0 saturated carbocycles. The van der Waals surface area contributed by atoms with Crippen molar-refractivity contribution in [3.05, 3.63) is 54.1 Å². The molecule has 4 heterocycles. The highest BCUT2D eigenvalue weighted by atomic mass is 32.1. The van der Waals surface area contributed by atoms with Gasteiger partial charge < -0.3 is 19.9 Å². The number of imidazole rings is 1. The fourth-order valence-electron chi connectivity index (χ4n) is 3.62. The predicted octanol–water partition coefficient (Wildman–Crippen LogP) is 3.72. The van der Waals surface area contributed by atoms with E-state index < -0.39 is 0 Å². The molecule has 29 heavy (non-hydrogen) atoms. The van der Waals surface area contributed by atoms with Gasteiger partial charge in [-0.05, 0) is 48.6 Å². The molecule has 1 aliphatic rings. The molecule has 9 heteroatoms. The van der Waals surface area contributed by atoms with E-state index >= 15 is 0 Å². The van der Waals surface area contributed by atoms with E-state index in [0.717, 1.165) is 35.3 Å². The van der Waals surface area contributed by atoms with Crippen LogP contribution in [0.2, 0.25) is 0 Å². The van der Waals surface area contributed by atoms with Gasteiger partial charge in [0.05, 0.1) is 29.1 Å². The Labute approximate surface area is 170 Å². The molecule has 0 unspecified atom stereocenters. The maximum absolute atomic E-state index is 13.2. The van der Waals surface area contributed by atoms with Gasteiger partial charge in [0.25, 0.3) is 0 Å². The van der Waals surface area contributed by atoms with Crippen molar-refractivity contribution in [3.8, 4) is 5.69 Å². The molecule has 1 aliphatic heterocycles. The lowest BCUT2D eigenvalue weighted by Gasteiger charge is -2.23. The minimum atomic E-state index is -0.274. The first-order chi connectivity index (χ1) is 14.2. The molecule has 1 aromatic carbocycles. The first-order valence-electron chi connectivity index (χ1n) is 9.41. The Kier molecular flexibility index (Phi) is 4.61. The number of nitrogens with one attached hydrogen (secondary N) is 1. The Balaban J connectivity index is 1.47. The smallest absolute Gasteiger partial charge is 0.228 e. The zero-order valence-corrected chi connectivity index (χ0v) is 16.3. The van der Waals surface area contributed by atoms with E-state index in [-0.39, 0.29) is 18.5 Å². The van der Waals surface area contributed by atoms with Crippen LogP contribution in [0.25, 0.3) is 15.9 Å². The quantitative estimate of drug-likeness (QED) is 0.522. The van der Waals surface area contributed by atoms with Gasteiger partial charge in [-0.15, -0.1) is 11.3 Å². The summed E-state index contributed by atoms with van der Waals surface area (Å²) < 4.78 is 15.9. The lowest BCUT2D eigenvalue weighted by atomic mass is 10.2. The molecule has 7 nitrogen and oxygen atoms in total. The number of nitrogens with zero attached hydrogens (tertiary/aromatic N) is 5. The summed E-state index contributed by atoms with van der Waals surface area (Å²) >= 11 is 1.56. The van der Waals surface area contributed by atoms with E-state index in [9.17, 15) is 9.50 Å². The second-order valence-electron chi connectivity index (χ2n) is 6.95. The van der Waals surface area contributed by atoms with Gasteiger partial charge in [-0.3, -0.25) is 0 Å². The molecule has 0 bridgehead atoms. The monoisotopic (exact) mass is 410 g/mol. The normalized spacial score (nSPS) is 16.6. The second-order valence-corrected chi connectivity index (χ2v) is 7.86. The van der Waals surface area contributed by atoms with Crippen LogP contribution in [0.1, 0.15) is 12.8 Å². The van der Waals surface area contributed by atoms with Gasteiger partial charge in [0.2, 0.25) is 5.95 Å². The van der Waals surface area contributed by atoms with Crippen LogP contribution in [0.15, 0.2) is 48.2 Å². The summed E-state index contributed by atoms with van der Waals surface area (Å²) in [4.78, 5) is 15.9. The first kappa shape index (κ1) is 18.0. The standard InChI is InChI=1S/C20H19FN6OS/c21-13-3-5-14(6-4-13)26-10-17(22-12-26)24-19-18-16(7-9-29-18)23-20(25-19)27-8-1-2-15(27)11-28/h3-7,9-10,12,15,28H,1-2,8,11H2,(H,23,24,25)/t15-/m0/s1. The van der Waals surface area contributed by atoms with Crippen LogP contribution in [-0.4, -0.2) is 43.8 Å². The maximum atomic E-state index is 13.2. The fraction of sp³-hybridized carbons (Fsp3) is 0.250. The van der Waals surface area contributed by atoms with Crippen molar-refractivity contribution in [2.45, 2.75) is 18.9 Å². The molecule has 0 aliphatic carbocycles. The number of hydrogen-bond donors (Lipinski definition) is 2. The minimum absolute atomic E-state index is 0.0524. The Morgan fingerprint density at radius 3 is 2.90 bits per heavy atom. The molecule has 148 valence electrons. The summed E-state index contributed by atoms with van der Waals surface area (Å²) in [5.74, 6) is 1.67. The SMILES string of the molecule is OC[C@@H]1CCCN1c1nc(Nc2cn(-c3ccc(F)cc3)cn2)c2sccc2n1. The van der Waals surface area contributed by atoms with Crippen molar-refractivity contribution in [2.75, 3.05) is 23.4 Å². The summed E-state index contributed by atoms with van der Waals surface area (Å²) in [5, 5.41) is 14.9. The van der Waals surface area contributed by atoms with Gasteiger partial charge in [0.1, 0.15) is 18.0 Å². The van der Waals surface area contributed by atoms with Crippen molar-refractivity contribution in [2.24, 2.45) is 0 Å². The van der Waals surface area contributed by atoms with E-state index in [0.29, 0.717) is 17.6 Å². The average molecular weight is 410 g/mol. The van der Waals surface area contributed by atoms with Gasteiger partial charge in [0.15, 0.2) is 5.82 Å². The number of aliphatic hydroxyl groups excluding tert-OH is 1. The van der Waals surface area contributed by atoms with Crippen molar-refractivity contribution < 1.29 is 9.50 Å². The van der Waals surface area contributed by atoms with E-state index in [1.54, 1.807) is 29.8 Å². The van der Waals surface area contributed by atoms with Crippen LogP contribution in [0.3, 0.4) is 0 Å². The van der Waals surface area contributed by atoms with Crippen molar-refractivity contribution >= 4 is 39.1 Å². The number of hydrogen-bond acceptors (Lipinski definition) is 7. The van der Waals surface area contributed by atoms with Crippen molar-refractivity contribution in [1.82, 2.24) is 19.5 Å². The Hall–Kier alpha value is -3.04. The number of rotatable bonds is 5. The lowest BCUT2D eigenvalue weighted by molar-refractivity contribution is 0.265. The van der Waals surface area contributed by atoms with Crippen LogP contribution in [-0.2, 0) is 0 Å².